The molecule has 1 aromatic rings. The Labute approximate surface area is 114 Å². The highest BCUT2D eigenvalue weighted by molar-refractivity contribution is 5.97. The summed E-state index contributed by atoms with van der Waals surface area (Å²) in [7, 11) is 0. The van der Waals surface area contributed by atoms with Crippen molar-refractivity contribution in [2.45, 2.75) is 52.0 Å². The van der Waals surface area contributed by atoms with Crippen LogP contribution in [-0.4, -0.2) is 28.5 Å². The summed E-state index contributed by atoms with van der Waals surface area (Å²) in [6.07, 6.45) is 5.06. The van der Waals surface area contributed by atoms with Gasteiger partial charge < -0.3 is 10.6 Å². The Hall–Kier alpha value is -1.65. The standard InChI is InChI=1S/C14H22N4O/c1-4-15-11-8-16-13(9(2)3)18-12(11)14(19)17-10-6-5-7-10/h8-10,15H,4-7H2,1-3H3,(H,17,19). The van der Waals surface area contributed by atoms with Crippen LogP contribution in [0, 0.1) is 0 Å². The lowest BCUT2D eigenvalue weighted by Gasteiger charge is -2.26. The second kappa shape index (κ2) is 5.99. The molecule has 19 heavy (non-hydrogen) atoms. The molecule has 1 aliphatic rings. The third kappa shape index (κ3) is 3.22. The molecule has 1 aromatic heterocycles. The molecule has 0 saturated heterocycles. The van der Waals surface area contributed by atoms with Gasteiger partial charge in [0.25, 0.3) is 5.91 Å². The second-order valence-electron chi connectivity index (χ2n) is 5.28. The van der Waals surface area contributed by atoms with Gasteiger partial charge in [0.2, 0.25) is 0 Å². The maximum Gasteiger partial charge on any atom is 0.272 e. The van der Waals surface area contributed by atoms with Crippen molar-refractivity contribution in [2.24, 2.45) is 0 Å². The van der Waals surface area contributed by atoms with E-state index in [0.29, 0.717) is 23.2 Å². The molecule has 104 valence electrons. The molecular weight excluding hydrogens is 240 g/mol. The van der Waals surface area contributed by atoms with E-state index in [1.807, 2.05) is 20.8 Å². The second-order valence-corrected chi connectivity index (χ2v) is 5.28. The molecule has 0 radical (unpaired) electrons. The molecule has 0 aromatic carbocycles. The van der Waals surface area contributed by atoms with Gasteiger partial charge in [-0.25, -0.2) is 9.97 Å². The molecule has 1 amide bonds. The molecule has 1 aliphatic carbocycles. The van der Waals surface area contributed by atoms with E-state index in [-0.39, 0.29) is 11.8 Å². The first-order chi connectivity index (χ1) is 9.11. The molecule has 1 saturated carbocycles. The van der Waals surface area contributed by atoms with Crippen LogP contribution in [0.2, 0.25) is 0 Å². The zero-order valence-electron chi connectivity index (χ0n) is 11.9. The maximum absolute atomic E-state index is 12.3. The van der Waals surface area contributed by atoms with Crippen LogP contribution in [0.5, 0.6) is 0 Å². The number of aromatic nitrogens is 2. The Balaban J connectivity index is 2.22. The van der Waals surface area contributed by atoms with Crippen LogP contribution >= 0.6 is 0 Å². The molecule has 0 spiro atoms. The number of rotatable bonds is 5. The van der Waals surface area contributed by atoms with E-state index in [9.17, 15) is 4.79 Å². The van der Waals surface area contributed by atoms with Crippen LogP contribution in [0.25, 0.3) is 0 Å². The zero-order valence-corrected chi connectivity index (χ0v) is 11.9. The Morgan fingerprint density at radius 1 is 1.47 bits per heavy atom. The summed E-state index contributed by atoms with van der Waals surface area (Å²) in [5.41, 5.74) is 1.18. The van der Waals surface area contributed by atoms with Crippen molar-refractivity contribution in [3.8, 4) is 0 Å². The highest BCUT2D eigenvalue weighted by atomic mass is 16.2. The van der Waals surface area contributed by atoms with Crippen molar-refractivity contribution in [3.63, 3.8) is 0 Å². The van der Waals surface area contributed by atoms with Gasteiger partial charge in [-0.15, -0.1) is 0 Å². The Kier molecular flexibility index (Phi) is 4.35. The van der Waals surface area contributed by atoms with Crippen LogP contribution in [0.1, 0.15) is 62.3 Å². The topological polar surface area (TPSA) is 66.9 Å². The minimum atomic E-state index is -0.0926. The van der Waals surface area contributed by atoms with E-state index < -0.39 is 0 Å². The summed E-state index contributed by atoms with van der Waals surface area (Å²) >= 11 is 0. The Morgan fingerprint density at radius 3 is 2.74 bits per heavy atom. The van der Waals surface area contributed by atoms with E-state index in [1.54, 1.807) is 6.20 Å². The molecule has 1 fully saturated rings. The zero-order chi connectivity index (χ0) is 13.8. The molecule has 0 atom stereocenters. The van der Waals surface area contributed by atoms with E-state index in [0.717, 1.165) is 19.4 Å². The van der Waals surface area contributed by atoms with Crippen molar-refractivity contribution >= 4 is 11.6 Å². The van der Waals surface area contributed by atoms with Crippen molar-refractivity contribution in [1.82, 2.24) is 15.3 Å². The summed E-state index contributed by atoms with van der Waals surface area (Å²) < 4.78 is 0. The van der Waals surface area contributed by atoms with E-state index in [2.05, 4.69) is 20.6 Å². The third-order valence-corrected chi connectivity index (χ3v) is 3.35. The smallest absolute Gasteiger partial charge is 0.272 e. The Morgan fingerprint density at radius 2 is 2.21 bits per heavy atom. The number of amides is 1. The summed E-state index contributed by atoms with van der Waals surface area (Å²) in [6.45, 7) is 6.78. The predicted octanol–water partition coefficient (Wildman–Crippen LogP) is 2.31. The van der Waals surface area contributed by atoms with Crippen molar-refractivity contribution in [2.75, 3.05) is 11.9 Å². The van der Waals surface area contributed by atoms with Crippen LogP contribution < -0.4 is 10.6 Å². The summed E-state index contributed by atoms with van der Waals surface area (Å²) in [5, 5.41) is 6.18. The number of carbonyl (C=O) groups excluding carboxylic acids is 1. The van der Waals surface area contributed by atoms with Gasteiger partial charge in [-0.2, -0.15) is 0 Å². The summed E-state index contributed by atoms with van der Waals surface area (Å²) in [6, 6.07) is 0.319. The van der Waals surface area contributed by atoms with E-state index in [1.165, 1.54) is 6.42 Å². The molecule has 2 rings (SSSR count). The first kappa shape index (κ1) is 13.8. The van der Waals surface area contributed by atoms with Crippen LogP contribution in [0.3, 0.4) is 0 Å². The van der Waals surface area contributed by atoms with Crippen LogP contribution in [-0.2, 0) is 0 Å². The average Bonchev–Trinajstić information content (AvgIpc) is 2.34. The van der Waals surface area contributed by atoms with Gasteiger partial charge in [0.1, 0.15) is 5.82 Å². The van der Waals surface area contributed by atoms with Crippen molar-refractivity contribution in [1.29, 1.82) is 0 Å². The lowest BCUT2D eigenvalue weighted by atomic mass is 9.93. The largest absolute Gasteiger partial charge is 0.382 e. The molecular formula is C14H22N4O. The summed E-state index contributed by atoms with van der Waals surface area (Å²) in [5.74, 6) is 0.830. The molecule has 5 heteroatoms. The number of anilines is 1. The molecule has 0 bridgehead atoms. The third-order valence-electron chi connectivity index (χ3n) is 3.35. The fraction of sp³-hybridized carbons (Fsp3) is 0.643. The Bertz CT molecular complexity index is 455. The first-order valence-electron chi connectivity index (χ1n) is 7.03. The number of hydrogen-bond donors (Lipinski definition) is 2. The van der Waals surface area contributed by atoms with Gasteiger partial charge in [0.05, 0.1) is 11.9 Å². The SMILES string of the molecule is CCNc1cnc(C(C)C)nc1C(=O)NC1CCC1. The van der Waals surface area contributed by atoms with Gasteiger partial charge in [0.15, 0.2) is 5.69 Å². The van der Waals surface area contributed by atoms with Gasteiger partial charge in [-0.05, 0) is 26.2 Å². The monoisotopic (exact) mass is 262 g/mol. The lowest BCUT2D eigenvalue weighted by Crippen LogP contribution is -2.40. The van der Waals surface area contributed by atoms with Crippen molar-refractivity contribution < 1.29 is 4.79 Å². The van der Waals surface area contributed by atoms with Gasteiger partial charge >= 0.3 is 0 Å². The average molecular weight is 262 g/mol. The fourth-order valence-electron chi connectivity index (χ4n) is 1.97. The maximum atomic E-state index is 12.3. The fourth-order valence-corrected chi connectivity index (χ4v) is 1.97. The number of carbonyl (C=O) groups is 1. The highest BCUT2D eigenvalue weighted by Crippen LogP contribution is 2.20. The first-order valence-corrected chi connectivity index (χ1v) is 7.03. The predicted molar refractivity (Wildman–Crippen MR) is 75.4 cm³/mol. The molecule has 5 nitrogen and oxygen atoms in total. The lowest BCUT2D eigenvalue weighted by molar-refractivity contribution is 0.0912. The molecule has 0 aliphatic heterocycles. The minimum Gasteiger partial charge on any atom is -0.382 e. The number of nitrogens with zero attached hydrogens (tertiary/aromatic N) is 2. The molecule has 1 heterocycles. The quantitative estimate of drug-likeness (QED) is 0.854. The van der Waals surface area contributed by atoms with Gasteiger partial charge in [-0.1, -0.05) is 13.8 Å². The van der Waals surface area contributed by atoms with E-state index in [4.69, 9.17) is 0 Å². The van der Waals surface area contributed by atoms with Gasteiger partial charge in [-0.3, -0.25) is 4.79 Å². The van der Waals surface area contributed by atoms with E-state index >= 15 is 0 Å². The normalized spacial score (nSPS) is 15.2. The number of hydrogen-bond acceptors (Lipinski definition) is 4. The van der Waals surface area contributed by atoms with Gasteiger partial charge in [0, 0.05) is 18.5 Å². The molecule has 2 N–H and O–H groups in total. The minimum absolute atomic E-state index is 0.0926. The highest BCUT2D eigenvalue weighted by Gasteiger charge is 2.23. The van der Waals surface area contributed by atoms with Crippen molar-refractivity contribution in [3.05, 3.63) is 17.7 Å². The summed E-state index contributed by atoms with van der Waals surface area (Å²) in [4.78, 5) is 21.0. The number of nitrogens with one attached hydrogen (secondary N) is 2. The molecule has 0 unspecified atom stereocenters. The van der Waals surface area contributed by atoms with Crippen LogP contribution in [0.4, 0.5) is 5.69 Å². The van der Waals surface area contributed by atoms with Crippen LogP contribution in [0.15, 0.2) is 6.20 Å².